The lowest BCUT2D eigenvalue weighted by molar-refractivity contribution is 0.101. The van der Waals surface area contributed by atoms with Gasteiger partial charge in [0.25, 0.3) is 0 Å². The standard InChI is InChI=1S/C17H18ClNO3S2/c1-13(20)15-3-2-4-17(11-15)24(21,22)19-9-10-23-12-14-5-7-16(18)8-6-14/h2-8,11,19H,9-10,12H2,1H3. The summed E-state index contributed by atoms with van der Waals surface area (Å²) in [7, 11) is -3.60. The van der Waals surface area contributed by atoms with Crippen LogP contribution in [0.5, 0.6) is 0 Å². The number of thioether (sulfide) groups is 1. The first-order valence-electron chi connectivity index (χ1n) is 7.31. The van der Waals surface area contributed by atoms with Gasteiger partial charge in [-0.25, -0.2) is 13.1 Å². The van der Waals surface area contributed by atoms with Crippen LogP contribution >= 0.6 is 23.4 Å². The highest BCUT2D eigenvalue weighted by Gasteiger charge is 2.14. The Labute approximate surface area is 151 Å². The summed E-state index contributed by atoms with van der Waals surface area (Å²) >= 11 is 7.46. The van der Waals surface area contributed by atoms with E-state index in [4.69, 9.17) is 11.6 Å². The second-order valence-electron chi connectivity index (χ2n) is 5.16. The highest BCUT2D eigenvalue weighted by Crippen LogP contribution is 2.16. The number of carbonyl (C=O) groups is 1. The Morgan fingerprint density at radius 3 is 2.54 bits per heavy atom. The fourth-order valence-corrected chi connectivity index (χ4v) is 4.14. The van der Waals surface area contributed by atoms with Gasteiger partial charge < -0.3 is 0 Å². The summed E-state index contributed by atoms with van der Waals surface area (Å²) in [5, 5.41) is 0.698. The van der Waals surface area contributed by atoms with E-state index in [1.54, 1.807) is 23.9 Å². The van der Waals surface area contributed by atoms with Crippen molar-refractivity contribution < 1.29 is 13.2 Å². The quantitative estimate of drug-likeness (QED) is 0.557. The van der Waals surface area contributed by atoms with Crippen LogP contribution in [0, 0.1) is 0 Å². The number of Topliss-reactive ketones (excluding diaryl/α,β-unsaturated/α-hetero) is 1. The van der Waals surface area contributed by atoms with Crippen LogP contribution in [-0.4, -0.2) is 26.5 Å². The summed E-state index contributed by atoms with van der Waals surface area (Å²) in [6.07, 6.45) is 0. The molecule has 0 atom stereocenters. The summed E-state index contributed by atoms with van der Waals surface area (Å²) in [5.74, 6) is 1.28. The maximum atomic E-state index is 12.2. The smallest absolute Gasteiger partial charge is 0.240 e. The van der Waals surface area contributed by atoms with Crippen LogP contribution in [0.4, 0.5) is 0 Å². The summed E-state index contributed by atoms with van der Waals surface area (Å²) < 4.78 is 27.0. The molecule has 2 rings (SSSR count). The van der Waals surface area contributed by atoms with Crippen molar-refractivity contribution in [2.24, 2.45) is 0 Å². The van der Waals surface area contributed by atoms with Gasteiger partial charge in [-0.3, -0.25) is 4.79 Å². The van der Waals surface area contributed by atoms with Gasteiger partial charge in [-0.2, -0.15) is 11.8 Å². The van der Waals surface area contributed by atoms with E-state index in [0.29, 0.717) is 22.9 Å². The van der Waals surface area contributed by atoms with Crippen LogP contribution in [0.2, 0.25) is 5.02 Å². The van der Waals surface area contributed by atoms with Crippen molar-refractivity contribution in [3.63, 3.8) is 0 Å². The largest absolute Gasteiger partial charge is 0.295 e. The molecule has 2 aromatic rings. The van der Waals surface area contributed by atoms with Gasteiger partial charge in [0.1, 0.15) is 0 Å². The number of carbonyl (C=O) groups excluding carboxylic acids is 1. The van der Waals surface area contributed by atoms with Crippen LogP contribution < -0.4 is 4.72 Å². The van der Waals surface area contributed by atoms with Crippen molar-refractivity contribution >= 4 is 39.2 Å². The Kier molecular flexibility index (Phi) is 6.86. The normalized spacial score (nSPS) is 11.4. The number of benzene rings is 2. The molecule has 1 N–H and O–H groups in total. The molecule has 0 heterocycles. The van der Waals surface area contributed by atoms with Gasteiger partial charge in [-0.15, -0.1) is 0 Å². The van der Waals surface area contributed by atoms with E-state index in [2.05, 4.69) is 4.72 Å². The molecule has 0 aliphatic carbocycles. The monoisotopic (exact) mass is 383 g/mol. The van der Waals surface area contributed by atoms with Crippen LogP contribution in [-0.2, 0) is 15.8 Å². The van der Waals surface area contributed by atoms with Gasteiger partial charge in [-0.1, -0.05) is 35.9 Å². The third-order valence-corrected chi connectivity index (χ3v) is 6.01. The predicted octanol–water partition coefficient (Wildman–Crippen LogP) is 3.75. The fraction of sp³-hybridized carbons (Fsp3) is 0.235. The molecule has 0 spiro atoms. The van der Waals surface area contributed by atoms with E-state index in [1.807, 2.05) is 24.3 Å². The fourth-order valence-electron chi connectivity index (χ4n) is 1.98. The first kappa shape index (κ1) is 19.0. The Morgan fingerprint density at radius 2 is 1.88 bits per heavy atom. The molecule has 0 aromatic heterocycles. The third-order valence-electron chi connectivity index (χ3n) is 3.27. The maximum Gasteiger partial charge on any atom is 0.240 e. The summed E-state index contributed by atoms with van der Waals surface area (Å²) in [5.41, 5.74) is 1.52. The zero-order valence-electron chi connectivity index (χ0n) is 13.2. The van der Waals surface area contributed by atoms with Gasteiger partial charge in [0.05, 0.1) is 4.90 Å². The number of hydrogen-bond donors (Lipinski definition) is 1. The molecule has 0 aliphatic heterocycles. The van der Waals surface area contributed by atoms with Crippen molar-refractivity contribution in [2.45, 2.75) is 17.6 Å². The number of halogens is 1. The number of ketones is 1. The van der Waals surface area contributed by atoms with Crippen molar-refractivity contribution in [2.75, 3.05) is 12.3 Å². The number of hydrogen-bond acceptors (Lipinski definition) is 4. The van der Waals surface area contributed by atoms with Gasteiger partial charge in [0.15, 0.2) is 5.78 Å². The highest BCUT2D eigenvalue weighted by molar-refractivity contribution is 7.98. The van der Waals surface area contributed by atoms with Gasteiger partial charge in [0, 0.05) is 28.6 Å². The summed E-state index contributed by atoms with van der Waals surface area (Å²) in [6.45, 7) is 1.73. The summed E-state index contributed by atoms with van der Waals surface area (Å²) in [6, 6.07) is 13.6. The van der Waals surface area contributed by atoms with Crippen molar-refractivity contribution in [3.8, 4) is 0 Å². The van der Waals surface area contributed by atoms with E-state index in [0.717, 1.165) is 11.3 Å². The van der Waals surface area contributed by atoms with Gasteiger partial charge >= 0.3 is 0 Å². The SMILES string of the molecule is CC(=O)c1cccc(S(=O)(=O)NCCSCc2ccc(Cl)cc2)c1. The molecule has 128 valence electrons. The second-order valence-corrected chi connectivity index (χ2v) is 8.47. The van der Waals surface area contributed by atoms with Gasteiger partial charge in [-0.05, 0) is 36.8 Å². The molecule has 0 aliphatic rings. The van der Waals surface area contributed by atoms with Crippen LogP contribution in [0.1, 0.15) is 22.8 Å². The molecule has 0 unspecified atom stereocenters. The molecule has 0 fully saturated rings. The van der Waals surface area contributed by atoms with E-state index < -0.39 is 10.0 Å². The predicted molar refractivity (Wildman–Crippen MR) is 99.2 cm³/mol. The molecule has 7 heteroatoms. The number of sulfonamides is 1. The molecule has 0 saturated carbocycles. The van der Waals surface area contributed by atoms with Crippen LogP contribution in [0.3, 0.4) is 0 Å². The lowest BCUT2D eigenvalue weighted by atomic mass is 10.2. The Hall–Kier alpha value is -1.34. The van der Waals surface area contributed by atoms with E-state index in [-0.39, 0.29) is 10.7 Å². The molecular weight excluding hydrogens is 366 g/mol. The Morgan fingerprint density at radius 1 is 1.17 bits per heavy atom. The molecule has 0 amide bonds. The third kappa shape index (κ3) is 5.63. The zero-order valence-corrected chi connectivity index (χ0v) is 15.5. The maximum absolute atomic E-state index is 12.2. The average Bonchev–Trinajstić information content (AvgIpc) is 2.56. The number of nitrogens with one attached hydrogen (secondary N) is 1. The Bertz CT molecular complexity index is 805. The molecule has 0 saturated heterocycles. The average molecular weight is 384 g/mol. The number of rotatable bonds is 8. The van der Waals surface area contributed by atoms with Crippen molar-refractivity contribution in [3.05, 3.63) is 64.7 Å². The first-order valence-corrected chi connectivity index (χ1v) is 10.3. The van der Waals surface area contributed by atoms with E-state index in [1.165, 1.54) is 19.1 Å². The van der Waals surface area contributed by atoms with Crippen LogP contribution in [0.25, 0.3) is 0 Å². The van der Waals surface area contributed by atoms with Crippen LogP contribution in [0.15, 0.2) is 53.4 Å². The van der Waals surface area contributed by atoms with E-state index in [9.17, 15) is 13.2 Å². The minimum absolute atomic E-state index is 0.109. The highest BCUT2D eigenvalue weighted by atomic mass is 35.5. The molecule has 24 heavy (non-hydrogen) atoms. The molecule has 4 nitrogen and oxygen atoms in total. The molecule has 0 bridgehead atoms. The molecule has 2 aromatic carbocycles. The lowest BCUT2D eigenvalue weighted by Gasteiger charge is -2.08. The summed E-state index contributed by atoms with van der Waals surface area (Å²) in [4.78, 5) is 11.5. The molecular formula is C17H18ClNO3S2. The van der Waals surface area contributed by atoms with Crippen molar-refractivity contribution in [1.82, 2.24) is 4.72 Å². The minimum Gasteiger partial charge on any atom is -0.295 e. The minimum atomic E-state index is -3.60. The molecule has 0 radical (unpaired) electrons. The Balaban J connectivity index is 1.83. The first-order chi connectivity index (χ1) is 11.4. The second kappa shape index (κ2) is 8.67. The zero-order chi connectivity index (χ0) is 17.6. The van der Waals surface area contributed by atoms with E-state index >= 15 is 0 Å². The lowest BCUT2D eigenvalue weighted by Crippen LogP contribution is -2.26. The topological polar surface area (TPSA) is 63.2 Å². The van der Waals surface area contributed by atoms with Gasteiger partial charge in [0.2, 0.25) is 10.0 Å². The van der Waals surface area contributed by atoms with Crippen molar-refractivity contribution in [1.29, 1.82) is 0 Å².